The number of hydrogen-bond donors (Lipinski definition) is 1. The van der Waals surface area contributed by atoms with Crippen LogP contribution in [0.15, 0.2) is 60.8 Å². The number of H-pyrrole nitrogens is 1. The van der Waals surface area contributed by atoms with Gasteiger partial charge in [0.05, 0.1) is 12.6 Å². The molecule has 0 unspecified atom stereocenters. The smallest absolute Gasteiger partial charge is 0.157 e. The van der Waals surface area contributed by atoms with Gasteiger partial charge >= 0.3 is 0 Å². The van der Waals surface area contributed by atoms with Crippen LogP contribution in [0, 0.1) is 0 Å². The molecule has 2 aromatic carbocycles. The summed E-state index contributed by atoms with van der Waals surface area (Å²) in [6.07, 6.45) is 8.71. The number of methoxy groups -OCH3 is 1. The standard InChI is InChI=1S/C25H25N3O/c1-29-23-9-5-8-21-24(23)28-25(27-21)22-15-14-20(16-26-22)19-12-10-18(11-13-19)17-6-3-2-4-7-17/h5,8-17H,2-4,6-7H2,1H3,(H,27,28). The average Bonchev–Trinajstić information content (AvgIpc) is 3.24. The normalized spacial score (nSPS) is 14.9. The van der Waals surface area contributed by atoms with Gasteiger partial charge in [0.2, 0.25) is 0 Å². The zero-order chi connectivity index (χ0) is 19.6. The topological polar surface area (TPSA) is 50.8 Å². The highest BCUT2D eigenvalue weighted by Crippen LogP contribution is 2.34. The van der Waals surface area contributed by atoms with E-state index in [2.05, 4.69) is 45.3 Å². The van der Waals surface area contributed by atoms with Gasteiger partial charge in [0.25, 0.3) is 0 Å². The fraction of sp³-hybridized carbons (Fsp3) is 0.280. The Morgan fingerprint density at radius 1 is 0.897 bits per heavy atom. The molecule has 1 aliphatic rings. The maximum absolute atomic E-state index is 5.42. The van der Waals surface area contributed by atoms with Gasteiger partial charge in [0.1, 0.15) is 17.0 Å². The highest BCUT2D eigenvalue weighted by atomic mass is 16.5. The third-order valence-corrected chi connectivity index (χ3v) is 6.03. The molecule has 146 valence electrons. The van der Waals surface area contributed by atoms with Gasteiger partial charge in [-0.1, -0.05) is 55.7 Å². The van der Waals surface area contributed by atoms with Crippen molar-refractivity contribution in [2.45, 2.75) is 38.0 Å². The van der Waals surface area contributed by atoms with Gasteiger partial charge in [-0.3, -0.25) is 4.98 Å². The minimum atomic E-state index is 0.739. The maximum Gasteiger partial charge on any atom is 0.157 e. The van der Waals surface area contributed by atoms with Crippen LogP contribution in [0.25, 0.3) is 33.7 Å². The Balaban J connectivity index is 1.39. The van der Waals surface area contributed by atoms with Crippen LogP contribution < -0.4 is 4.74 Å². The van der Waals surface area contributed by atoms with Crippen molar-refractivity contribution in [2.24, 2.45) is 0 Å². The second kappa shape index (κ2) is 7.70. The van der Waals surface area contributed by atoms with Crippen molar-refractivity contribution in [1.29, 1.82) is 0 Å². The Labute approximate surface area is 171 Å². The highest BCUT2D eigenvalue weighted by Gasteiger charge is 2.15. The molecule has 0 saturated heterocycles. The molecule has 4 heteroatoms. The van der Waals surface area contributed by atoms with E-state index >= 15 is 0 Å². The Morgan fingerprint density at radius 2 is 1.69 bits per heavy atom. The summed E-state index contributed by atoms with van der Waals surface area (Å²) in [4.78, 5) is 12.6. The van der Waals surface area contributed by atoms with Gasteiger partial charge in [0, 0.05) is 11.8 Å². The molecule has 5 rings (SSSR count). The van der Waals surface area contributed by atoms with Crippen LogP contribution in [0.5, 0.6) is 5.75 Å². The van der Waals surface area contributed by atoms with Gasteiger partial charge in [-0.2, -0.15) is 0 Å². The van der Waals surface area contributed by atoms with Crippen LogP contribution in [0.2, 0.25) is 0 Å². The van der Waals surface area contributed by atoms with E-state index in [0.29, 0.717) is 0 Å². The van der Waals surface area contributed by atoms with Gasteiger partial charge in [-0.15, -0.1) is 0 Å². The van der Waals surface area contributed by atoms with Gasteiger partial charge in [0.15, 0.2) is 5.82 Å². The Kier molecular flexibility index (Phi) is 4.76. The molecule has 0 spiro atoms. The number of ether oxygens (including phenoxy) is 1. The van der Waals surface area contributed by atoms with Crippen molar-refractivity contribution in [3.8, 4) is 28.4 Å². The van der Waals surface area contributed by atoms with Crippen molar-refractivity contribution in [2.75, 3.05) is 7.11 Å². The Morgan fingerprint density at radius 3 is 2.41 bits per heavy atom. The van der Waals surface area contributed by atoms with Crippen molar-refractivity contribution >= 4 is 11.0 Å². The lowest BCUT2D eigenvalue weighted by Crippen LogP contribution is -2.04. The summed E-state index contributed by atoms with van der Waals surface area (Å²) in [6, 6.07) is 19.0. The molecule has 4 aromatic rings. The van der Waals surface area contributed by atoms with Crippen molar-refractivity contribution in [1.82, 2.24) is 15.0 Å². The molecule has 2 aromatic heterocycles. The molecular formula is C25H25N3O. The molecule has 1 fully saturated rings. The van der Waals surface area contributed by atoms with Crippen LogP contribution in [0.3, 0.4) is 0 Å². The zero-order valence-electron chi connectivity index (χ0n) is 16.7. The fourth-order valence-electron chi connectivity index (χ4n) is 4.38. The SMILES string of the molecule is COc1cccc2nc(-c3ccc(-c4ccc(C5CCCCC5)cc4)cn3)[nH]c12. The molecule has 1 aliphatic carbocycles. The van der Waals surface area contributed by atoms with Crippen LogP contribution >= 0.6 is 0 Å². The van der Waals surface area contributed by atoms with E-state index < -0.39 is 0 Å². The van der Waals surface area contributed by atoms with Crippen molar-refractivity contribution in [3.05, 3.63) is 66.4 Å². The maximum atomic E-state index is 5.42. The summed E-state index contributed by atoms with van der Waals surface area (Å²) in [5, 5.41) is 0. The number of nitrogens with zero attached hydrogens (tertiary/aromatic N) is 2. The average molecular weight is 383 g/mol. The number of para-hydroxylation sites is 1. The van der Waals surface area contributed by atoms with Crippen molar-refractivity contribution in [3.63, 3.8) is 0 Å². The fourth-order valence-corrected chi connectivity index (χ4v) is 4.38. The molecule has 1 saturated carbocycles. The number of imidazole rings is 1. The number of nitrogens with one attached hydrogen (secondary N) is 1. The van der Waals surface area contributed by atoms with E-state index in [-0.39, 0.29) is 0 Å². The predicted molar refractivity (Wildman–Crippen MR) is 117 cm³/mol. The molecule has 0 amide bonds. The lowest BCUT2D eigenvalue weighted by atomic mass is 9.84. The summed E-state index contributed by atoms with van der Waals surface area (Å²) >= 11 is 0. The van der Waals surface area contributed by atoms with Crippen LogP contribution in [-0.4, -0.2) is 22.1 Å². The number of aromatic nitrogens is 3. The number of pyridine rings is 1. The van der Waals surface area contributed by atoms with E-state index in [1.807, 2.05) is 30.5 Å². The molecule has 29 heavy (non-hydrogen) atoms. The summed E-state index contributed by atoms with van der Waals surface area (Å²) in [5.41, 5.74) is 6.41. The summed E-state index contributed by atoms with van der Waals surface area (Å²) in [7, 11) is 1.67. The molecular weight excluding hydrogens is 358 g/mol. The zero-order valence-corrected chi connectivity index (χ0v) is 16.7. The third kappa shape index (κ3) is 3.51. The summed E-state index contributed by atoms with van der Waals surface area (Å²) in [6.45, 7) is 0. The second-order valence-electron chi connectivity index (χ2n) is 7.83. The minimum Gasteiger partial charge on any atom is -0.494 e. The molecule has 0 atom stereocenters. The highest BCUT2D eigenvalue weighted by molar-refractivity contribution is 5.84. The molecule has 4 nitrogen and oxygen atoms in total. The minimum absolute atomic E-state index is 0.739. The first-order valence-corrected chi connectivity index (χ1v) is 10.4. The number of fused-ring (bicyclic) bond motifs is 1. The largest absolute Gasteiger partial charge is 0.494 e. The number of hydrogen-bond acceptors (Lipinski definition) is 3. The molecule has 1 N–H and O–H groups in total. The molecule has 0 aliphatic heterocycles. The van der Waals surface area contributed by atoms with Crippen LogP contribution in [0.1, 0.15) is 43.6 Å². The van der Waals surface area contributed by atoms with Crippen LogP contribution in [0.4, 0.5) is 0 Å². The van der Waals surface area contributed by atoms with E-state index in [1.54, 1.807) is 7.11 Å². The first kappa shape index (κ1) is 17.9. The molecule has 2 heterocycles. The lowest BCUT2D eigenvalue weighted by Gasteiger charge is -2.22. The first-order chi connectivity index (χ1) is 14.3. The quantitative estimate of drug-likeness (QED) is 0.447. The molecule has 0 bridgehead atoms. The Bertz CT molecular complexity index is 1110. The summed E-state index contributed by atoms with van der Waals surface area (Å²) in [5.74, 6) is 2.28. The first-order valence-electron chi connectivity index (χ1n) is 10.4. The molecule has 0 radical (unpaired) electrons. The second-order valence-corrected chi connectivity index (χ2v) is 7.83. The van der Waals surface area contributed by atoms with Gasteiger partial charge in [-0.05, 0) is 48.1 Å². The number of benzene rings is 2. The van der Waals surface area contributed by atoms with E-state index in [0.717, 1.165) is 39.8 Å². The lowest BCUT2D eigenvalue weighted by molar-refractivity contribution is 0.419. The van der Waals surface area contributed by atoms with Crippen molar-refractivity contribution < 1.29 is 4.74 Å². The van der Waals surface area contributed by atoms with E-state index in [4.69, 9.17) is 4.74 Å². The van der Waals surface area contributed by atoms with E-state index in [9.17, 15) is 0 Å². The van der Waals surface area contributed by atoms with E-state index in [1.165, 1.54) is 43.2 Å². The third-order valence-electron chi connectivity index (χ3n) is 6.03. The Hall–Kier alpha value is -3.14. The summed E-state index contributed by atoms with van der Waals surface area (Å²) < 4.78 is 5.42. The van der Waals surface area contributed by atoms with Gasteiger partial charge in [-0.25, -0.2) is 4.98 Å². The van der Waals surface area contributed by atoms with Gasteiger partial charge < -0.3 is 9.72 Å². The monoisotopic (exact) mass is 383 g/mol. The number of aromatic amines is 1. The number of rotatable bonds is 4. The predicted octanol–water partition coefficient (Wildman–Crippen LogP) is 6.35. The van der Waals surface area contributed by atoms with Crippen LogP contribution in [-0.2, 0) is 0 Å².